The number of carbonyl (C=O) groups excluding carboxylic acids is 6. The lowest BCUT2D eigenvalue weighted by molar-refractivity contribution is -0.146. The lowest BCUT2D eigenvalue weighted by atomic mass is 10.0. The maximum Gasteiger partial charge on any atom is 0.344 e. The van der Waals surface area contributed by atoms with Gasteiger partial charge in [-0.2, -0.15) is 11.8 Å². The lowest BCUT2D eigenvalue weighted by Crippen LogP contribution is -2.36. The van der Waals surface area contributed by atoms with Crippen molar-refractivity contribution in [2.75, 3.05) is 204 Å². The molecule has 1 aromatic rings. The van der Waals surface area contributed by atoms with Gasteiger partial charge in [0, 0.05) is 55.0 Å². The summed E-state index contributed by atoms with van der Waals surface area (Å²) in [5.74, 6) is -0.243. The van der Waals surface area contributed by atoms with Gasteiger partial charge in [-0.15, -0.1) is 0 Å². The van der Waals surface area contributed by atoms with Crippen molar-refractivity contribution in [2.24, 2.45) is 0 Å². The second-order valence-electron chi connectivity index (χ2n) is 18.1. The van der Waals surface area contributed by atoms with E-state index in [-0.39, 0.29) is 105 Å². The van der Waals surface area contributed by atoms with Crippen LogP contribution in [0.3, 0.4) is 0 Å². The number of fused-ring (bicyclic) bond motifs is 1. The minimum atomic E-state index is -0.575. The summed E-state index contributed by atoms with van der Waals surface area (Å²) in [4.78, 5) is 72.3. The van der Waals surface area contributed by atoms with E-state index in [9.17, 15) is 28.8 Å². The third kappa shape index (κ3) is 38.4. The van der Waals surface area contributed by atoms with Gasteiger partial charge < -0.3 is 97.1 Å². The van der Waals surface area contributed by atoms with Crippen LogP contribution in [0, 0.1) is 0 Å². The van der Waals surface area contributed by atoms with Crippen LogP contribution < -0.4 is 30.7 Å². The average molecular weight is 1190 g/mol. The maximum absolute atomic E-state index is 13.0. The van der Waals surface area contributed by atoms with Crippen molar-refractivity contribution in [3.8, 4) is 11.5 Å². The number of urea groups is 1. The topological polar surface area (TPSA) is 298 Å². The number of Topliss-reactive ketones (excluding diaryl/α,β-unsaturated/α-hetero) is 1. The molecule has 0 radical (unpaired) electrons. The quantitative estimate of drug-likeness (QED) is 0.0314. The first-order chi connectivity index (χ1) is 40.2. The number of ketones is 1. The van der Waals surface area contributed by atoms with Crippen molar-refractivity contribution in [2.45, 2.75) is 76.1 Å². The lowest BCUT2D eigenvalue weighted by Gasteiger charge is -2.16. The van der Waals surface area contributed by atoms with Crippen molar-refractivity contribution < 1.29 is 105 Å². The fourth-order valence-electron chi connectivity index (χ4n) is 7.61. The number of benzene rings is 1. The molecule has 27 heteroatoms. The highest BCUT2D eigenvalue weighted by Gasteiger charge is 2.42. The van der Waals surface area contributed by atoms with Gasteiger partial charge in [0.25, 0.3) is 0 Å². The van der Waals surface area contributed by atoms with Gasteiger partial charge in [0.2, 0.25) is 11.8 Å². The molecule has 2 aliphatic heterocycles. The van der Waals surface area contributed by atoms with E-state index in [0.717, 1.165) is 25.0 Å². The van der Waals surface area contributed by atoms with Gasteiger partial charge >= 0.3 is 18.0 Å². The number of amides is 4. The zero-order valence-electron chi connectivity index (χ0n) is 48.2. The third-order valence-corrected chi connectivity index (χ3v) is 13.2. The molecular weight excluding hydrogens is 1100 g/mol. The smallest absolute Gasteiger partial charge is 0.344 e. The zero-order chi connectivity index (χ0) is 58.8. The largest absolute Gasteiger partial charge is 0.482 e. The maximum atomic E-state index is 13.0. The molecule has 3 atom stereocenters. The van der Waals surface area contributed by atoms with Crippen LogP contribution in [-0.2, 0) is 85.5 Å². The van der Waals surface area contributed by atoms with E-state index in [4.69, 9.17) is 75.8 Å². The number of rotatable bonds is 57. The Morgan fingerprint density at radius 1 is 0.476 bits per heavy atom. The fraction of sp³-hybridized carbons (Fsp3) is 0.782. The van der Waals surface area contributed by atoms with Gasteiger partial charge in [0.05, 0.1) is 184 Å². The molecule has 2 saturated heterocycles. The number of carbonyl (C=O) groups is 6. The Morgan fingerprint density at radius 3 is 1.32 bits per heavy atom. The van der Waals surface area contributed by atoms with Crippen molar-refractivity contribution >= 4 is 47.3 Å². The highest BCUT2D eigenvalue weighted by Crippen LogP contribution is 2.33. The summed E-state index contributed by atoms with van der Waals surface area (Å²) in [6.07, 6.45) is 3.93. The first-order valence-corrected chi connectivity index (χ1v) is 29.6. The number of ether oxygens (including phenoxy) is 16. The molecule has 0 saturated carbocycles. The standard InChI is InChI=1S/C55H92N4O22S/c1-3-78-52(63)41-80-45-38-44(39-46(40-45)81-42-53(64)79-4-2)48(60)8-7-12-56-51(62)11-14-66-16-18-68-20-22-70-24-26-72-28-30-74-32-34-76-36-37-77-35-33-75-31-29-73-27-25-71-23-21-69-19-17-67-15-13-57-50(61)10-6-5-9-49-54-47(43-82-49)58-55(65)59-54/h38-40,47,49,54H,3-37,41-43H2,1-2H3,(H,56,62)(H,57,61)(H2,58,59,65)/t47-,49-,54-/m0/s1. The Morgan fingerprint density at radius 2 is 0.878 bits per heavy atom. The van der Waals surface area contributed by atoms with E-state index < -0.39 is 11.9 Å². The second-order valence-corrected chi connectivity index (χ2v) is 19.3. The van der Waals surface area contributed by atoms with Crippen LogP contribution in [-0.4, -0.2) is 257 Å². The predicted octanol–water partition coefficient (Wildman–Crippen LogP) is 2.08. The molecule has 4 N–H and O–H groups in total. The van der Waals surface area contributed by atoms with Gasteiger partial charge in [-0.05, 0) is 45.2 Å². The Bertz CT molecular complexity index is 1820. The number of unbranched alkanes of at least 4 members (excludes halogenated alkanes) is 1. The number of esters is 2. The summed E-state index contributed by atoms with van der Waals surface area (Å²) in [5.41, 5.74) is 0.256. The van der Waals surface area contributed by atoms with Crippen LogP contribution in [0.5, 0.6) is 11.5 Å². The predicted molar refractivity (Wildman–Crippen MR) is 299 cm³/mol. The van der Waals surface area contributed by atoms with E-state index in [1.807, 2.05) is 11.8 Å². The van der Waals surface area contributed by atoms with Crippen LogP contribution in [0.4, 0.5) is 4.79 Å². The monoisotopic (exact) mass is 1190 g/mol. The first kappa shape index (κ1) is 71.8. The van der Waals surface area contributed by atoms with Crippen LogP contribution in [0.15, 0.2) is 18.2 Å². The minimum Gasteiger partial charge on any atom is -0.482 e. The molecule has 2 heterocycles. The Kier molecular flexibility index (Phi) is 43.7. The third-order valence-electron chi connectivity index (χ3n) is 11.6. The number of hydrogen-bond donors (Lipinski definition) is 4. The normalized spacial score (nSPS) is 15.4. The highest BCUT2D eigenvalue weighted by atomic mass is 32.2. The molecule has 26 nitrogen and oxygen atoms in total. The summed E-state index contributed by atoms with van der Waals surface area (Å²) in [6.45, 7) is 14.0. The van der Waals surface area contributed by atoms with E-state index in [1.54, 1.807) is 13.8 Å². The average Bonchev–Trinajstić information content (AvgIpc) is 4.14. The molecule has 2 fully saturated rings. The van der Waals surface area contributed by atoms with Crippen LogP contribution >= 0.6 is 11.8 Å². The van der Waals surface area contributed by atoms with Crippen molar-refractivity contribution in [3.05, 3.63) is 23.8 Å². The highest BCUT2D eigenvalue weighted by molar-refractivity contribution is 8.00. The molecule has 0 aliphatic carbocycles. The molecule has 3 rings (SSSR count). The van der Waals surface area contributed by atoms with E-state index in [0.29, 0.717) is 177 Å². The molecule has 0 spiro atoms. The minimum absolute atomic E-state index is 0.0312. The van der Waals surface area contributed by atoms with Crippen LogP contribution in [0.2, 0.25) is 0 Å². The molecule has 0 unspecified atom stereocenters. The van der Waals surface area contributed by atoms with Crippen LogP contribution in [0.1, 0.15) is 69.2 Å². The number of hydrogen-bond acceptors (Lipinski definition) is 23. The summed E-state index contributed by atoms with van der Waals surface area (Å²) in [6, 6.07) is 4.78. The van der Waals surface area contributed by atoms with Gasteiger partial charge in [-0.25, -0.2) is 14.4 Å². The molecule has 0 bridgehead atoms. The van der Waals surface area contributed by atoms with E-state index in [2.05, 4.69) is 21.3 Å². The van der Waals surface area contributed by atoms with Gasteiger partial charge in [-0.1, -0.05) is 6.42 Å². The van der Waals surface area contributed by atoms with Crippen molar-refractivity contribution in [1.82, 2.24) is 21.3 Å². The Hall–Kier alpha value is -4.49. The first-order valence-electron chi connectivity index (χ1n) is 28.6. The Balaban J connectivity index is 0.943. The van der Waals surface area contributed by atoms with E-state index >= 15 is 0 Å². The van der Waals surface area contributed by atoms with E-state index in [1.165, 1.54) is 18.2 Å². The zero-order valence-corrected chi connectivity index (χ0v) is 49.0. The van der Waals surface area contributed by atoms with Gasteiger partial charge in [0.1, 0.15) is 11.5 Å². The molecule has 0 aromatic heterocycles. The summed E-state index contributed by atoms with van der Waals surface area (Å²) >= 11 is 1.89. The molecule has 4 amide bonds. The molecule has 82 heavy (non-hydrogen) atoms. The molecule has 470 valence electrons. The van der Waals surface area contributed by atoms with Gasteiger partial charge in [-0.3, -0.25) is 14.4 Å². The second kappa shape index (κ2) is 49.9. The van der Waals surface area contributed by atoms with Crippen molar-refractivity contribution in [3.63, 3.8) is 0 Å². The number of nitrogens with one attached hydrogen (secondary N) is 4. The van der Waals surface area contributed by atoms with Gasteiger partial charge in [0.15, 0.2) is 19.0 Å². The molecular formula is C55H92N4O22S. The summed E-state index contributed by atoms with van der Waals surface area (Å²) in [5, 5.41) is 12.0. The number of thioether (sulfide) groups is 1. The fourth-order valence-corrected chi connectivity index (χ4v) is 9.15. The summed E-state index contributed by atoms with van der Waals surface area (Å²) in [7, 11) is 0. The van der Waals surface area contributed by atoms with Crippen molar-refractivity contribution in [1.29, 1.82) is 0 Å². The SMILES string of the molecule is CCOC(=O)COc1cc(OCC(=O)OCC)cc(C(=O)CCCNC(=O)CCOCCOCCOCCOCCOCCOCCOCCOCCOCCOCCOCCOCCNC(=O)CCCC[C@@H]2SC[C@@H]3NC(=O)N[C@@H]32)c1. The Labute approximate surface area is 486 Å². The molecule has 2 aliphatic rings. The van der Waals surface area contributed by atoms with Crippen LogP contribution in [0.25, 0.3) is 0 Å². The molecule has 1 aromatic carbocycles. The summed E-state index contributed by atoms with van der Waals surface area (Å²) < 4.78 is 86.9.